The third-order valence-corrected chi connectivity index (χ3v) is 4.48. The van der Waals surface area contributed by atoms with Crippen molar-refractivity contribution in [1.29, 1.82) is 0 Å². The summed E-state index contributed by atoms with van der Waals surface area (Å²) in [5.74, 6) is -1.87. The quantitative estimate of drug-likeness (QED) is 0.802. The zero-order chi connectivity index (χ0) is 17.3. The van der Waals surface area contributed by atoms with Crippen LogP contribution < -0.4 is 10.5 Å². The lowest BCUT2D eigenvalue weighted by atomic mass is 9.99. The predicted octanol–water partition coefficient (Wildman–Crippen LogP) is 2.61. The van der Waals surface area contributed by atoms with Gasteiger partial charge in [0.1, 0.15) is 5.75 Å². The lowest BCUT2D eigenvalue weighted by Crippen LogP contribution is -2.22. The van der Waals surface area contributed by atoms with Gasteiger partial charge in [0.15, 0.2) is 5.56 Å². The number of rotatable bonds is 4. The summed E-state index contributed by atoms with van der Waals surface area (Å²) in [6.45, 7) is 3.71. The Labute approximate surface area is 139 Å². The molecule has 0 spiro atoms. The minimum absolute atomic E-state index is 0.409. The summed E-state index contributed by atoms with van der Waals surface area (Å²) in [6, 6.07) is 7.68. The number of benzene rings is 1. The highest BCUT2D eigenvalue weighted by Gasteiger charge is 2.24. The van der Waals surface area contributed by atoms with Crippen LogP contribution in [0.2, 0.25) is 0 Å². The minimum Gasteiger partial charge on any atom is -0.506 e. The minimum atomic E-state index is -1.43. The third-order valence-electron chi connectivity index (χ3n) is 4.48. The van der Waals surface area contributed by atoms with Gasteiger partial charge in [-0.3, -0.25) is 4.79 Å². The van der Waals surface area contributed by atoms with Crippen molar-refractivity contribution in [2.45, 2.75) is 26.2 Å². The van der Waals surface area contributed by atoms with Crippen molar-refractivity contribution in [1.82, 2.24) is 4.98 Å². The molecule has 1 aliphatic heterocycles. The van der Waals surface area contributed by atoms with Gasteiger partial charge in [-0.05, 0) is 25.3 Å². The van der Waals surface area contributed by atoms with Crippen LogP contribution in [0.1, 0.15) is 35.7 Å². The second kappa shape index (κ2) is 6.39. The third kappa shape index (κ3) is 2.64. The highest BCUT2D eigenvalue weighted by molar-refractivity contribution is 5.92. The number of anilines is 1. The molecule has 3 rings (SSSR count). The van der Waals surface area contributed by atoms with Crippen LogP contribution in [0, 0.1) is 0 Å². The van der Waals surface area contributed by atoms with Crippen molar-refractivity contribution < 1.29 is 15.0 Å². The molecule has 1 aromatic carbocycles. The number of pyridine rings is 1. The van der Waals surface area contributed by atoms with Crippen LogP contribution in [-0.2, 0) is 6.42 Å². The number of aromatic amines is 1. The van der Waals surface area contributed by atoms with Crippen molar-refractivity contribution in [3.8, 4) is 17.0 Å². The van der Waals surface area contributed by atoms with Gasteiger partial charge < -0.3 is 20.1 Å². The van der Waals surface area contributed by atoms with Crippen molar-refractivity contribution >= 4 is 11.7 Å². The molecule has 1 saturated heterocycles. The van der Waals surface area contributed by atoms with Crippen LogP contribution in [0.4, 0.5) is 5.69 Å². The number of nitrogens with zero attached hydrogens (tertiary/aromatic N) is 1. The second-order valence-corrected chi connectivity index (χ2v) is 5.90. The van der Waals surface area contributed by atoms with Crippen LogP contribution in [0.15, 0.2) is 29.1 Å². The average molecular weight is 328 g/mol. The van der Waals surface area contributed by atoms with E-state index in [1.807, 2.05) is 31.2 Å². The van der Waals surface area contributed by atoms with E-state index < -0.39 is 22.8 Å². The van der Waals surface area contributed by atoms with Crippen LogP contribution >= 0.6 is 0 Å². The Hall–Kier alpha value is -2.76. The Morgan fingerprint density at radius 3 is 2.54 bits per heavy atom. The predicted molar refractivity (Wildman–Crippen MR) is 91.9 cm³/mol. The number of carbonyl (C=O) groups is 1. The fourth-order valence-corrected chi connectivity index (χ4v) is 3.32. The summed E-state index contributed by atoms with van der Waals surface area (Å²) in [5, 5.41) is 19.5. The van der Waals surface area contributed by atoms with Gasteiger partial charge in [0, 0.05) is 29.9 Å². The monoisotopic (exact) mass is 328 g/mol. The first kappa shape index (κ1) is 16.1. The molecule has 0 saturated carbocycles. The zero-order valence-corrected chi connectivity index (χ0v) is 13.5. The summed E-state index contributed by atoms with van der Waals surface area (Å²) < 4.78 is 0. The number of nitrogens with one attached hydrogen (secondary N) is 1. The van der Waals surface area contributed by atoms with Crippen molar-refractivity contribution in [2.75, 3.05) is 18.0 Å². The molecule has 126 valence electrons. The molecule has 0 atom stereocenters. The standard InChI is InChI=1S/C18H20N2O4/c1-2-11-15(19-17(22)14(16(11)21)18(23)24)12-7-3-4-8-13(12)20-9-5-6-10-20/h3-4,7-8H,2,5-6,9-10H2,1H3,(H,23,24)(H2,19,21,22). The van der Waals surface area contributed by atoms with Crippen LogP contribution in [-0.4, -0.2) is 34.3 Å². The highest BCUT2D eigenvalue weighted by Crippen LogP contribution is 2.36. The van der Waals surface area contributed by atoms with Crippen molar-refractivity contribution in [2.24, 2.45) is 0 Å². The lowest BCUT2D eigenvalue weighted by molar-refractivity contribution is 0.0691. The van der Waals surface area contributed by atoms with Gasteiger partial charge in [0.25, 0.3) is 5.56 Å². The first-order valence-electron chi connectivity index (χ1n) is 8.10. The van der Waals surface area contributed by atoms with E-state index in [9.17, 15) is 14.7 Å². The molecule has 2 aromatic rings. The molecule has 0 radical (unpaired) electrons. The Balaban J connectivity index is 2.24. The SMILES string of the molecule is CCc1c(-c2ccccc2N2CCCC2)[nH]c(=O)c(C(=O)O)c1O. The maximum Gasteiger partial charge on any atom is 0.345 e. The van der Waals surface area contributed by atoms with E-state index in [0.717, 1.165) is 37.2 Å². The Kier molecular flexibility index (Phi) is 4.29. The molecule has 6 heteroatoms. The number of para-hydroxylation sites is 1. The van der Waals surface area contributed by atoms with E-state index in [1.165, 1.54) is 0 Å². The molecule has 2 heterocycles. The van der Waals surface area contributed by atoms with E-state index in [0.29, 0.717) is 17.7 Å². The molecule has 1 aliphatic rings. The number of H-pyrrole nitrogens is 1. The normalized spacial score (nSPS) is 14.1. The van der Waals surface area contributed by atoms with Gasteiger partial charge in [0.2, 0.25) is 0 Å². The summed E-state index contributed by atoms with van der Waals surface area (Å²) in [5.41, 5.74) is 1.34. The van der Waals surface area contributed by atoms with E-state index >= 15 is 0 Å². The van der Waals surface area contributed by atoms with Crippen LogP contribution in [0.3, 0.4) is 0 Å². The van der Waals surface area contributed by atoms with Gasteiger partial charge in [-0.25, -0.2) is 4.79 Å². The molecule has 1 aromatic heterocycles. The fourth-order valence-electron chi connectivity index (χ4n) is 3.32. The summed E-state index contributed by atoms with van der Waals surface area (Å²) >= 11 is 0. The second-order valence-electron chi connectivity index (χ2n) is 5.90. The zero-order valence-electron chi connectivity index (χ0n) is 13.5. The highest BCUT2D eigenvalue weighted by atomic mass is 16.4. The number of hydrogen-bond donors (Lipinski definition) is 3. The lowest BCUT2D eigenvalue weighted by Gasteiger charge is -2.22. The summed E-state index contributed by atoms with van der Waals surface area (Å²) in [7, 11) is 0. The van der Waals surface area contributed by atoms with Crippen LogP contribution in [0.25, 0.3) is 11.3 Å². The van der Waals surface area contributed by atoms with Gasteiger partial charge in [-0.15, -0.1) is 0 Å². The first-order chi connectivity index (χ1) is 11.5. The molecular weight excluding hydrogens is 308 g/mol. The largest absolute Gasteiger partial charge is 0.506 e. The Morgan fingerprint density at radius 1 is 1.25 bits per heavy atom. The molecule has 0 aliphatic carbocycles. The molecule has 24 heavy (non-hydrogen) atoms. The molecule has 6 nitrogen and oxygen atoms in total. The topological polar surface area (TPSA) is 93.6 Å². The van der Waals surface area contributed by atoms with Crippen molar-refractivity contribution in [3.63, 3.8) is 0 Å². The van der Waals surface area contributed by atoms with Crippen LogP contribution in [0.5, 0.6) is 5.75 Å². The van der Waals surface area contributed by atoms with Gasteiger partial charge in [0.05, 0.1) is 5.69 Å². The maximum atomic E-state index is 12.2. The van der Waals surface area contributed by atoms with E-state index in [1.54, 1.807) is 0 Å². The fraction of sp³-hybridized carbons (Fsp3) is 0.333. The molecular formula is C18H20N2O4. The van der Waals surface area contributed by atoms with Gasteiger partial charge in [-0.1, -0.05) is 25.1 Å². The smallest absolute Gasteiger partial charge is 0.345 e. The number of aromatic hydroxyl groups is 1. The Bertz CT molecular complexity index is 835. The molecule has 0 amide bonds. The van der Waals surface area contributed by atoms with Gasteiger partial charge >= 0.3 is 5.97 Å². The number of aromatic nitrogens is 1. The number of aromatic carboxylic acids is 1. The summed E-state index contributed by atoms with van der Waals surface area (Å²) in [6.07, 6.45) is 2.65. The Morgan fingerprint density at radius 2 is 1.92 bits per heavy atom. The molecule has 0 bridgehead atoms. The number of carboxylic acids is 1. The first-order valence-corrected chi connectivity index (χ1v) is 8.10. The number of hydrogen-bond acceptors (Lipinski definition) is 4. The van der Waals surface area contributed by atoms with E-state index in [2.05, 4.69) is 9.88 Å². The van der Waals surface area contributed by atoms with E-state index in [-0.39, 0.29) is 0 Å². The van der Waals surface area contributed by atoms with Crippen molar-refractivity contribution in [3.05, 3.63) is 45.7 Å². The molecule has 3 N–H and O–H groups in total. The molecule has 1 fully saturated rings. The number of carboxylic acid groups (broad SMARTS) is 1. The maximum absolute atomic E-state index is 12.2. The average Bonchev–Trinajstić information content (AvgIpc) is 3.08. The van der Waals surface area contributed by atoms with E-state index in [4.69, 9.17) is 5.11 Å². The van der Waals surface area contributed by atoms with Gasteiger partial charge in [-0.2, -0.15) is 0 Å². The summed E-state index contributed by atoms with van der Waals surface area (Å²) in [4.78, 5) is 28.3. The molecule has 0 unspecified atom stereocenters.